The van der Waals surface area contributed by atoms with Crippen LogP contribution in [0.25, 0.3) is 16.8 Å². The van der Waals surface area contributed by atoms with Crippen LogP contribution in [0.2, 0.25) is 0 Å². The minimum atomic E-state index is -0.262. The summed E-state index contributed by atoms with van der Waals surface area (Å²) in [6, 6.07) is 27.1. The van der Waals surface area contributed by atoms with E-state index in [0.717, 1.165) is 52.5 Å². The summed E-state index contributed by atoms with van der Waals surface area (Å²) in [5, 5.41) is 1.76. The van der Waals surface area contributed by atoms with Gasteiger partial charge in [-0.2, -0.15) is 0 Å². The second-order valence-electron chi connectivity index (χ2n) is 9.64. The van der Waals surface area contributed by atoms with Gasteiger partial charge in [0.15, 0.2) is 0 Å². The third kappa shape index (κ3) is 5.46. The number of nitrogens with zero attached hydrogens (tertiary/aromatic N) is 4. The minimum Gasteiger partial charge on any atom is -0.457 e. The van der Waals surface area contributed by atoms with Crippen LogP contribution in [-0.4, -0.2) is 38.5 Å². The fourth-order valence-electron chi connectivity index (χ4n) is 5.06. The Balaban J connectivity index is 1.23. The number of hydrogen-bond donors (Lipinski definition) is 1. The number of nitrogens with two attached hydrogens (primary N) is 1. The molecule has 8 nitrogen and oxygen atoms in total. The van der Waals surface area contributed by atoms with Crippen LogP contribution in [0.5, 0.6) is 11.5 Å². The zero-order chi connectivity index (χ0) is 26.6. The van der Waals surface area contributed by atoms with Gasteiger partial charge in [0.25, 0.3) is 0 Å². The minimum absolute atomic E-state index is 0.0620. The molecule has 3 heterocycles. The number of fused-ring (bicyclic) bond motifs is 1. The van der Waals surface area contributed by atoms with E-state index in [4.69, 9.17) is 20.3 Å². The molecule has 0 saturated carbocycles. The Morgan fingerprint density at radius 3 is 2.44 bits per heavy atom. The molecule has 0 amide bonds. The van der Waals surface area contributed by atoms with Crippen LogP contribution in [0.4, 0.5) is 5.82 Å². The smallest absolute Gasteiger partial charge is 0.329 e. The van der Waals surface area contributed by atoms with Crippen molar-refractivity contribution in [3.8, 4) is 22.8 Å². The lowest BCUT2D eigenvalue weighted by molar-refractivity contribution is -0.195. The first-order valence-corrected chi connectivity index (χ1v) is 13.1. The molecular formula is C31H29N5O3. The molecular weight excluding hydrogens is 490 g/mol. The van der Waals surface area contributed by atoms with Crippen LogP contribution < -0.4 is 10.5 Å². The van der Waals surface area contributed by atoms with Gasteiger partial charge in [0.1, 0.15) is 34.4 Å². The molecule has 1 unspecified atom stereocenters. The highest BCUT2D eigenvalue weighted by Crippen LogP contribution is 2.35. The van der Waals surface area contributed by atoms with Gasteiger partial charge in [-0.25, -0.2) is 14.8 Å². The molecule has 1 saturated heterocycles. The molecule has 196 valence electrons. The van der Waals surface area contributed by atoms with Crippen molar-refractivity contribution < 1.29 is 14.4 Å². The topological polar surface area (TPSA) is 95.0 Å². The molecule has 5 aromatic rings. The van der Waals surface area contributed by atoms with E-state index in [-0.39, 0.29) is 18.3 Å². The highest BCUT2D eigenvalue weighted by atomic mass is 16.7. The molecule has 0 aliphatic carbocycles. The Bertz CT molecular complexity index is 1570. The van der Waals surface area contributed by atoms with Gasteiger partial charge in [0.05, 0.1) is 6.42 Å². The van der Waals surface area contributed by atoms with Gasteiger partial charge >= 0.3 is 5.97 Å². The molecule has 39 heavy (non-hydrogen) atoms. The quantitative estimate of drug-likeness (QED) is 0.297. The molecule has 0 bridgehead atoms. The Hall–Kier alpha value is -4.69. The fraction of sp³-hybridized carbons (Fsp3) is 0.194. The number of nitrogen functional groups attached to an aromatic ring is 1. The Morgan fingerprint density at radius 1 is 0.949 bits per heavy atom. The highest BCUT2D eigenvalue weighted by Gasteiger charge is 2.29. The first-order chi connectivity index (χ1) is 19.1. The van der Waals surface area contributed by atoms with Crippen molar-refractivity contribution in [3.05, 3.63) is 109 Å². The van der Waals surface area contributed by atoms with Crippen molar-refractivity contribution in [2.24, 2.45) is 0 Å². The van der Waals surface area contributed by atoms with Gasteiger partial charge in [-0.05, 0) is 54.8 Å². The lowest BCUT2D eigenvalue weighted by Crippen LogP contribution is -2.37. The van der Waals surface area contributed by atoms with Crippen molar-refractivity contribution in [2.45, 2.75) is 25.2 Å². The number of ether oxygens (including phenoxy) is 1. The zero-order valence-corrected chi connectivity index (χ0v) is 21.4. The summed E-state index contributed by atoms with van der Waals surface area (Å²) in [6.45, 7) is 1.25. The Morgan fingerprint density at radius 2 is 1.67 bits per heavy atom. The molecule has 0 spiro atoms. The number of aromatic nitrogens is 3. The fourth-order valence-corrected chi connectivity index (χ4v) is 5.06. The second-order valence-corrected chi connectivity index (χ2v) is 9.64. The number of carbonyl (C=O) groups excluding carboxylic acids is 1. The number of hydrogen-bond acceptors (Lipinski definition) is 7. The van der Waals surface area contributed by atoms with Crippen molar-refractivity contribution in [2.75, 3.05) is 18.8 Å². The van der Waals surface area contributed by atoms with E-state index in [1.165, 1.54) is 0 Å². The van der Waals surface area contributed by atoms with E-state index in [9.17, 15) is 4.79 Å². The number of piperidine rings is 1. The van der Waals surface area contributed by atoms with Gasteiger partial charge in [-0.3, -0.25) is 4.40 Å². The average molecular weight is 520 g/mol. The SMILES string of the molecule is Nc1nccn2c(C3CCCN(OC(=O)Cc4ccccc4)C3)nc(-c3ccc(Oc4ccccc4)cc3)c12. The highest BCUT2D eigenvalue weighted by molar-refractivity contribution is 5.85. The molecule has 2 aromatic heterocycles. The van der Waals surface area contributed by atoms with Gasteiger partial charge in [0, 0.05) is 37.0 Å². The van der Waals surface area contributed by atoms with E-state index in [1.54, 1.807) is 11.3 Å². The van der Waals surface area contributed by atoms with Crippen LogP contribution >= 0.6 is 0 Å². The number of rotatable bonds is 7. The second kappa shape index (κ2) is 11.0. The van der Waals surface area contributed by atoms with Crippen molar-refractivity contribution in [3.63, 3.8) is 0 Å². The monoisotopic (exact) mass is 519 g/mol. The predicted octanol–water partition coefficient (Wildman–Crippen LogP) is 5.65. The summed E-state index contributed by atoms with van der Waals surface area (Å²) >= 11 is 0. The van der Waals surface area contributed by atoms with Gasteiger partial charge in [-0.15, -0.1) is 5.06 Å². The lowest BCUT2D eigenvalue weighted by atomic mass is 9.98. The Labute approximate surface area is 226 Å². The largest absolute Gasteiger partial charge is 0.457 e. The maximum Gasteiger partial charge on any atom is 0.329 e. The summed E-state index contributed by atoms with van der Waals surface area (Å²) in [5.74, 6) is 2.61. The third-order valence-corrected chi connectivity index (χ3v) is 6.89. The predicted molar refractivity (Wildman–Crippen MR) is 149 cm³/mol. The summed E-state index contributed by atoms with van der Waals surface area (Å²) in [5.41, 5.74) is 9.74. The Kier molecular flexibility index (Phi) is 6.93. The zero-order valence-electron chi connectivity index (χ0n) is 21.4. The van der Waals surface area contributed by atoms with Gasteiger partial charge in [-0.1, -0.05) is 48.5 Å². The van der Waals surface area contributed by atoms with E-state index < -0.39 is 0 Å². The van der Waals surface area contributed by atoms with Gasteiger partial charge < -0.3 is 15.3 Å². The first kappa shape index (κ1) is 24.6. The molecule has 2 N–H and O–H groups in total. The number of imidazole rings is 1. The third-order valence-electron chi connectivity index (χ3n) is 6.89. The molecule has 1 aliphatic heterocycles. The number of anilines is 1. The summed E-state index contributed by atoms with van der Waals surface area (Å²) < 4.78 is 7.97. The molecule has 1 atom stereocenters. The van der Waals surface area contributed by atoms with Gasteiger partial charge in [0.2, 0.25) is 0 Å². The van der Waals surface area contributed by atoms with E-state index in [2.05, 4.69) is 4.98 Å². The molecule has 6 rings (SSSR count). The van der Waals surface area contributed by atoms with Crippen molar-refractivity contribution in [1.29, 1.82) is 0 Å². The van der Waals surface area contributed by atoms with E-state index in [0.29, 0.717) is 18.9 Å². The number of para-hydroxylation sites is 1. The molecule has 8 heteroatoms. The number of hydroxylamine groups is 2. The summed E-state index contributed by atoms with van der Waals surface area (Å²) in [7, 11) is 0. The van der Waals surface area contributed by atoms with Crippen LogP contribution in [-0.2, 0) is 16.1 Å². The van der Waals surface area contributed by atoms with E-state index >= 15 is 0 Å². The van der Waals surface area contributed by atoms with Crippen molar-refractivity contribution in [1.82, 2.24) is 19.4 Å². The maximum absolute atomic E-state index is 12.6. The number of carbonyl (C=O) groups is 1. The van der Waals surface area contributed by atoms with Crippen LogP contribution in [0.1, 0.15) is 30.1 Å². The average Bonchev–Trinajstić information content (AvgIpc) is 3.36. The first-order valence-electron chi connectivity index (χ1n) is 13.1. The molecule has 0 radical (unpaired) electrons. The molecule has 1 aliphatic rings. The lowest BCUT2D eigenvalue weighted by Gasteiger charge is -2.30. The van der Waals surface area contributed by atoms with Crippen LogP contribution in [0.3, 0.4) is 0 Å². The molecule has 3 aromatic carbocycles. The normalized spacial score (nSPS) is 15.7. The number of benzene rings is 3. The summed E-state index contributed by atoms with van der Waals surface area (Å²) in [6.07, 6.45) is 5.64. The standard InChI is InChI=1S/C31H29N5O3/c32-30-29-28(23-13-15-26(16-14-23)38-25-11-5-2-6-12-25)34-31(36(29)19-17-33-30)24-10-7-18-35(21-24)39-27(37)20-22-8-3-1-4-9-22/h1-6,8-9,11-17,19,24H,7,10,18,20-21H2,(H2,32,33). The van der Waals surface area contributed by atoms with Crippen LogP contribution in [0, 0.1) is 0 Å². The maximum atomic E-state index is 12.6. The summed E-state index contributed by atoms with van der Waals surface area (Å²) in [4.78, 5) is 27.7. The molecule has 1 fully saturated rings. The van der Waals surface area contributed by atoms with Crippen LogP contribution in [0.15, 0.2) is 97.3 Å². The van der Waals surface area contributed by atoms with E-state index in [1.807, 2.05) is 95.5 Å². The van der Waals surface area contributed by atoms with Crippen molar-refractivity contribution >= 4 is 17.3 Å².